The molecule has 0 aliphatic heterocycles. The van der Waals surface area contributed by atoms with Crippen molar-refractivity contribution in [3.8, 4) is 11.3 Å². The van der Waals surface area contributed by atoms with Crippen LogP contribution in [0.1, 0.15) is 36.7 Å². The predicted octanol–water partition coefficient (Wildman–Crippen LogP) is 4.65. The van der Waals surface area contributed by atoms with E-state index in [2.05, 4.69) is 29.4 Å². The second-order valence-corrected chi connectivity index (χ2v) is 10.0. The topological polar surface area (TPSA) is 79.4 Å². The number of benzene rings is 2. The molecule has 0 atom stereocenters. The molecule has 1 aromatic heterocycles. The van der Waals surface area contributed by atoms with Crippen LogP contribution in [0.15, 0.2) is 58.8 Å². The Labute approximate surface area is 181 Å². The van der Waals surface area contributed by atoms with Crippen LogP contribution in [0.4, 0.5) is 5.13 Å². The van der Waals surface area contributed by atoms with Crippen LogP contribution in [-0.2, 0) is 16.4 Å². The highest BCUT2D eigenvalue weighted by Gasteiger charge is 2.23. The number of aryl methyl sites for hydroxylation is 1. The van der Waals surface area contributed by atoms with Crippen LogP contribution in [0.25, 0.3) is 11.3 Å². The lowest BCUT2D eigenvalue weighted by molar-refractivity contribution is 0.102. The van der Waals surface area contributed by atoms with Crippen molar-refractivity contribution in [2.75, 3.05) is 12.4 Å². The van der Waals surface area contributed by atoms with Gasteiger partial charge in [0, 0.05) is 29.6 Å². The molecule has 0 bridgehead atoms. The van der Waals surface area contributed by atoms with E-state index in [0.29, 0.717) is 10.7 Å². The third-order valence-corrected chi connectivity index (χ3v) is 7.71. The van der Waals surface area contributed by atoms with Gasteiger partial charge in [0.05, 0.1) is 10.6 Å². The highest BCUT2D eigenvalue weighted by Crippen LogP contribution is 2.26. The van der Waals surface area contributed by atoms with Crippen molar-refractivity contribution in [1.82, 2.24) is 9.29 Å². The Morgan fingerprint density at radius 3 is 2.30 bits per heavy atom. The molecule has 3 aromatic rings. The number of hydrogen-bond donors (Lipinski definition) is 1. The van der Waals surface area contributed by atoms with Crippen molar-refractivity contribution in [3.05, 3.63) is 65.0 Å². The number of carbonyl (C=O) groups excluding carboxylic acids is 1. The molecular formula is C22H25N3O3S2. The van der Waals surface area contributed by atoms with Crippen LogP contribution >= 0.6 is 11.3 Å². The fourth-order valence-corrected chi connectivity index (χ4v) is 4.85. The number of rotatable bonds is 7. The zero-order chi connectivity index (χ0) is 21.9. The van der Waals surface area contributed by atoms with Crippen LogP contribution < -0.4 is 5.32 Å². The van der Waals surface area contributed by atoms with E-state index in [4.69, 9.17) is 0 Å². The quantitative estimate of drug-likeness (QED) is 0.576. The average molecular weight is 444 g/mol. The Morgan fingerprint density at radius 1 is 1.10 bits per heavy atom. The molecule has 0 unspecified atom stereocenters. The molecule has 8 heteroatoms. The number of nitrogens with one attached hydrogen (secondary N) is 1. The summed E-state index contributed by atoms with van der Waals surface area (Å²) in [6.45, 7) is 5.72. The van der Waals surface area contributed by atoms with Crippen molar-refractivity contribution in [2.24, 2.45) is 0 Å². The first kappa shape index (κ1) is 22.1. The summed E-state index contributed by atoms with van der Waals surface area (Å²) in [4.78, 5) is 17.2. The van der Waals surface area contributed by atoms with E-state index in [-0.39, 0.29) is 16.8 Å². The first-order valence-electron chi connectivity index (χ1n) is 9.66. The zero-order valence-corrected chi connectivity index (χ0v) is 19.0. The molecule has 1 amide bonds. The number of hydrogen-bond acceptors (Lipinski definition) is 5. The molecule has 30 heavy (non-hydrogen) atoms. The monoisotopic (exact) mass is 443 g/mol. The van der Waals surface area contributed by atoms with Gasteiger partial charge in [0.15, 0.2) is 5.13 Å². The fraction of sp³-hybridized carbons (Fsp3) is 0.273. The van der Waals surface area contributed by atoms with Gasteiger partial charge >= 0.3 is 0 Å². The Kier molecular flexibility index (Phi) is 6.70. The molecule has 0 radical (unpaired) electrons. The summed E-state index contributed by atoms with van der Waals surface area (Å²) in [5, 5.41) is 5.17. The first-order chi connectivity index (χ1) is 14.2. The molecule has 0 aliphatic rings. The molecule has 6 nitrogen and oxygen atoms in total. The molecular weight excluding hydrogens is 418 g/mol. The van der Waals surface area contributed by atoms with Crippen LogP contribution in [0.2, 0.25) is 0 Å². The van der Waals surface area contributed by atoms with Crippen molar-refractivity contribution in [3.63, 3.8) is 0 Å². The first-order valence-corrected chi connectivity index (χ1v) is 12.0. The summed E-state index contributed by atoms with van der Waals surface area (Å²) in [6, 6.07) is 13.9. The van der Waals surface area contributed by atoms with Crippen molar-refractivity contribution >= 4 is 32.4 Å². The van der Waals surface area contributed by atoms with Gasteiger partial charge in [-0.2, -0.15) is 4.31 Å². The SMILES string of the molecule is CCc1ccc(-c2csc(NC(=O)c3ccc(S(=O)(=O)N(C)C(C)C)cc3)n2)cc1. The minimum atomic E-state index is -3.58. The lowest BCUT2D eigenvalue weighted by Crippen LogP contribution is -2.33. The van der Waals surface area contributed by atoms with Gasteiger partial charge in [-0.1, -0.05) is 31.2 Å². The second-order valence-electron chi connectivity index (χ2n) is 7.18. The fourth-order valence-electron chi connectivity index (χ4n) is 2.77. The van der Waals surface area contributed by atoms with E-state index in [1.54, 1.807) is 13.8 Å². The van der Waals surface area contributed by atoms with E-state index in [9.17, 15) is 13.2 Å². The van der Waals surface area contributed by atoms with Gasteiger partial charge < -0.3 is 0 Å². The minimum Gasteiger partial charge on any atom is -0.298 e. The Hall–Kier alpha value is -2.55. The van der Waals surface area contributed by atoms with Gasteiger partial charge in [0.25, 0.3) is 5.91 Å². The maximum atomic E-state index is 12.5. The molecule has 0 aliphatic carbocycles. The largest absolute Gasteiger partial charge is 0.298 e. The summed E-state index contributed by atoms with van der Waals surface area (Å²) >= 11 is 1.35. The van der Waals surface area contributed by atoms with E-state index in [1.165, 1.54) is 52.5 Å². The predicted molar refractivity (Wildman–Crippen MR) is 121 cm³/mol. The summed E-state index contributed by atoms with van der Waals surface area (Å²) in [6.07, 6.45) is 0.979. The van der Waals surface area contributed by atoms with E-state index >= 15 is 0 Å². The number of anilines is 1. The zero-order valence-electron chi connectivity index (χ0n) is 17.4. The van der Waals surface area contributed by atoms with Crippen LogP contribution in [0.3, 0.4) is 0 Å². The Bertz CT molecular complexity index is 1120. The third kappa shape index (κ3) is 4.77. The van der Waals surface area contributed by atoms with E-state index < -0.39 is 10.0 Å². The van der Waals surface area contributed by atoms with Crippen molar-refractivity contribution in [1.29, 1.82) is 0 Å². The minimum absolute atomic E-state index is 0.155. The molecule has 158 valence electrons. The Morgan fingerprint density at radius 2 is 1.73 bits per heavy atom. The molecule has 1 N–H and O–H groups in total. The Balaban J connectivity index is 1.71. The molecule has 2 aromatic carbocycles. The van der Waals surface area contributed by atoms with Crippen LogP contribution in [0.5, 0.6) is 0 Å². The number of thiazole rings is 1. The summed E-state index contributed by atoms with van der Waals surface area (Å²) in [7, 11) is -2.04. The second kappa shape index (κ2) is 9.07. The summed E-state index contributed by atoms with van der Waals surface area (Å²) in [5.74, 6) is -0.335. The van der Waals surface area contributed by atoms with E-state index in [0.717, 1.165) is 17.7 Å². The maximum Gasteiger partial charge on any atom is 0.257 e. The molecule has 3 rings (SSSR count). The number of nitrogens with zero attached hydrogens (tertiary/aromatic N) is 2. The number of aromatic nitrogens is 1. The number of sulfonamides is 1. The number of carbonyl (C=O) groups is 1. The normalized spacial score (nSPS) is 11.8. The molecule has 0 spiro atoms. The van der Waals surface area contributed by atoms with Crippen molar-refractivity contribution < 1.29 is 13.2 Å². The van der Waals surface area contributed by atoms with Gasteiger partial charge in [-0.15, -0.1) is 11.3 Å². The van der Waals surface area contributed by atoms with Gasteiger partial charge in [-0.25, -0.2) is 13.4 Å². The summed E-state index contributed by atoms with van der Waals surface area (Å²) in [5.41, 5.74) is 3.42. The van der Waals surface area contributed by atoms with Gasteiger partial charge in [-0.05, 0) is 50.1 Å². The smallest absolute Gasteiger partial charge is 0.257 e. The third-order valence-electron chi connectivity index (χ3n) is 4.90. The van der Waals surface area contributed by atoms with Gasteiger partial charge in [0.1, 0.15) is 0 Å². The summed E-state index contributed by atoms with van der Waals surface area (Å²) < 4.78 is 26.4. The standard InChI is InChI=1S/C22H25N3O3S2/c1-5-16-6-8-17(9-7-16)20-14-29-22(23-20)24-21(26)18-10-12-19(13-11-18)30(27,28)25(4)15(2)3/h6-15H,5H2,1-4H3,(H,23,24,26). The van der Waals surface area contributed by atoms with E-state index in [1.807, 2.05) is 17.5 Å². The van der Waals surface area contributed by atoms with Gasteiger partial charge in [0.2, 0.25) is 10.0 Å². The molecule has 0 fully saturated rings. The average Bonchev–Trinajstić information content (AvgIpc) is 3.21. The lowest BCUT2D eigenvalue weighted by Gasteiger charge is -2.20. The van der Waals surface area contributed by atoms with Crippen molar-refractivity contribution in [2.45, 2.75) is 38.1 Å². The van der Waals surface area contributed by atoms with Gasteiger partial charge in [-0.3, -0.25) is 10.1 Å². The molecule has 0 saturated heterocycles. The van der Waals surface area contributed by atoms with Crippen LogP contribution in [-0.4, -0.2) is 36.7 Å². The molecule has 0 saturated carbocycles. The molecule has 1 heterocycles. The van der Waals surface area contributed by atoms with Crippen LogP contribution in [0, 0.1) is 0 Å². The highest BCUT2D eigenvalue weighted by atomic mass is 32.2. The number of amides is 1. The lowest BCUT2D eigenvalue weighted by atomic mass is 10.1. The highest BCUT2D eigenvalue weighted by molar-refractivity contribution is 7.89. The maximum absolute atomic E-state index is 12.5.